The summed E-state index contributed by atoms with van der Waals surface area (Å²) in [5.41, 5.74) is -0.220. The van der Waals surface area contributed by atoms with Gasteiger partial charge < -0.3 is 29.0 Å². The summed E-state index contributed by atoms with van der Waals surface area (Å²) in [4.78, 5) is 54.2. The van der Waals surface area contributed by atoms with Crippen LogP contribution in [0.15, 0.2) is 71.2 Å². The van der Waals surface area contributed by atoms with E-state index >= 15 is 0 Å². The number of methoxy groups -OCH3 is 2. The lowest BCUT2D eigenvalue weighted by Gasteiger charge is -2.35. The van der Waals surface area contributed by atoms with Gasteiger partial charge in [0.05, 0.1) is 18.7 Å². The Balaban J connectivity index is 1.56. The van der Waals surface area contributed by atoms with Crippen LogP contribution in [0.5, 0.6) is 11.5 Å². The van der Waals surface area contributed by atoms with Gasteiger partial charge in [-0.25, -0.2) is 14.4 Å². The molecule has 0 aromatic heterocycles. The quantitative estimate of drug-likeness (QED) is 0.0751. The summed E-state index contributed by atoms with van der Waals surface area (Å²) in [5.74, 6) is -2.19. The Kier molecular flexibility index (Phi) is 11.7. The second-order valence-corrected chi connectivity index (χ2v) is 15.0. The molecular formula is C35H33BrCl3NO9. The Bertz CT molecular complexity index is 1720. The molecule has 1 aliphatic carbocycles. The number of fused-ring (bicyclic) bond motifs is 1. The van der Waals surface area contributed by atoms with Gasteiger partial charge >= 0.3 is 24.0 Å². The van der Waals surface area contributed by atoms with Crippen molar-refractivity contribution in [2.45, 2.75) is 59.4 Å². The van der Waals surface area contributed by atoms with Gasteiger partial charge in [-0.1, -0.05) is 89.8 Å². The van der Waals surface area contributed by atoms with Crippen LogP contribution in [-0.4, -0.2) is 60.8 Å². The number of hydrogen-bond acceptors (Lipinski definition) is 9. The molecule has 1 amide bonds. The number of ether oxygens (including phenoxy) is 5. The number of hydrogen-bond donors (Lipinski definition) is 1. The van der Waals surface area contributed by atoms with E-state index in [2.05, 4.69) is 21.2 Å². The van der Waals surface area contributed by atoms with Crippen molar-refractivity contribution in [2.75, 3.05) is 20.8 Å². The van der Waals surface area contributed by atoms with Crippen molar-refractivity contribution in [1.29, 1.82) is 0 Å². The highest BCUT2D eigenvalue weighted by molar-refractivity contribution is 9.10. The van der Waals surface area contributed by atoms with E-state index in [1.54, 1.807) is 30.3 Å². The van der Waals surface area contributed by atoms with Crippen LogP contribution >= 0.6 is 50.7 Å². The fraction of sp³-hybridized carbons (Fsp3) is 0.371. The van der Waals surface area contributed by atoms with E-state index in [1.807, 2.05) is 30.3 Å². The molecule has 49 heavy (non-hydrogen) atoms. The number of benzene rings is 3. The predicted octanol–water partition coefficient (Wildman–Crippen LogP) is 7.11. The smallest absolute Gasteiger partial charge is 0.408 e. The minimum Gasteiger partial charge on any atom is -0.495 e. The first kappa shape index (κ1) is 36.8. The molecule has 3 aromatic rings. The molecule has 3 aromatic carbocycles. The Morgan fingerprint density at radius 2 is 1.73 bits per heavy atom. The van der Waals surface area contributed by atoms with Crippen molar-refractivity contribution in [1.82, 2.24) is 5.32 Å². The fourth-order valence-corrected chi connectivity index (χ4v) is 7.08. The van der Waals surface area contributed by atoms with Crippen LogP contribution in [0.2, 0.25) is 0 Å². The van der Waals surface area contributed by atoms with Gasteiger partial charge in [0.2, 0.25) is 9.21 Å². The first-order chi connectivity index (χ1) is 23.4. The first-order valence-electron chi connectivity index (χ1n) is 15.4. The second-order valence-electron chi connectivity index (χ2n) is 11.7. The van der Waals surface area contributed by atoms with Gasteiger partial charge in [0.1, 0.15) is 30.3 Å². The number of amides is 1. The van der Waals surface area contributed by atoms with Crippen LogP contribution in [0.4, 0.5) is 4.79 Å². The van der Waals surface area contributed by atoms with Gasteiger partial charge in [0.25, 0.3) is 0 Å². The van der Waals surface area contributed by atoms with E-state index in [-0.39, 0.29) is 35.0 Å². The average molecular weight is 798 g/mol. The minimum absolute atomic E-state index is 0.0724. The van der Waals surface area contributed by atoms with Crippen LogP contribution in [0.3, 0.4) is 0 Å². The maximum absolute atomic E-state index is 14.8. The molecule has 2 aliphatic rings. The predicted molar refractivity (Wildman–Crippen MR) is 185 cm³/mol. The van der Waals surface area contributed by atoms with E-state index in [1.165, 1.54) is 13.2 Å². The van der Waals surface area contributed by atoms with Gasteiger partial charge in [0, 0.05) is 23.5 Å². The molecular weight excluding hydrogens is 765 g/mol. The number of nitrogens with one attached hydrogen (secondary N) is 1. The van der Waals surface area contributed by atoms with Crippen molar-refractivity contribution in [3.8, 4) is 11.5 Å². The molecule has 1 aliphatic heterocycles. The zero-order valence-electron chi connectivity index (χ0n) is 26.5. The maximum Gasteiger partial charge on any atom is 0.408 e. The van der Waals surface area contributed by atoms with Crippen LogP contribution < -0.4 is 14.8 Å². The second kappa shape index (κ2) is 15.6. The summed E-state index contributed by atoms with van der Waals surface area (Å²) in [6.07, 6.45) is 1.58. The van der Waals surface area contributed by atoms with Crippen LogP contribution in [0.25, 0.3) is 0 Å². The number of carbonyl (C=O) groups is 4. The van der Waals surface area contributed by atoms with E-state index in [0.717, 1.165) is 31.9 Å². The molecule has 0 bridgehead atoms. The third-order valence-electron chi connectivity index (χ3n) is 8.61. The lowest BCUT2D eigenvalue weighted by Crippen LogP contribution is -2.47. The Hall–Kier alpha value is -3.51. The third-order valence-corrected chi connectivity index (χ3v) is 9.56. The van der Waals surface area contributed by atoms with Gasteiger partial charge in [-0.2, -0.15) is 0 Å². The monoisotopic (exact) mass is 795 g/mol. The molecule has 10 nitrogen and oxygen atoms in total. The number of esters is 3. The van der Waals surface area contributed by atoms with Gasteiger partial charge in [-0.05, 0) is 64.5 Å². The van der Waals surface area contributed by atoms with E-state index in [9.17, 15) is 19.2 Å². The number of rotatable bonds is 10. The summed E-state index contributed by atoms with van der Waals surface area (Å²) >= 11 is 20.5. The van der Waals surface area contributed by atoms with Gasteiger partial charge in [-0.15, -0.1) is 0 Å². The fourth-order valence-electron chi connectivity index (χ4n) is 6.39. The molecule has 5 rings (SSSR count). The van der Waals surface area contributed by atoms with Gasteiger partial charge in [-0.3, -0.25) is 4.79 Å². The summed E-state index contributed by atoms with van der Waals surface area (Å²) < 4.78 is 26.3. The van der Waals surface area contributed by atoms with Crippen molar-refractivity contribution in [3.63, 3.8) is 0 Å². The molecule has 1 N–H and O–H groups in total. The highest BCUT2D eigenvalue weighted by atomic mass is 79.9. The normalized spacial score (nSPS) is 20.7. The van der Waals surface area contributed by atoms with E-state index < -0.39 is 52.0 Å². The molecule has 1 heterocycles. The number of para-hydroxylation sites is 1. The van der Waals surface area contributed by atoms with Crippen LogP contribution in [-0.2, 0) is 40.4 Å². The van der Waals surface area contributed by atoms with E-state index in [4.69, 9.17) is 58.5 Å². The summed E-state index contributed by atoms with van der Waals surface area (Å²) in [5, 5.41) is 2.41. The highest BCUT2D eigenvalue weighted by Gasteiger charge is 2.60. The molecule has 0 saturated heterocycles. The Morgan fingerprint density at radius 1 is 1.00 bits per heavy atom. The number of alkyl carbamates (subject to hydrolysis) is 1. The summed E-state index contributed by atoms with van der Waals surface area (Å²) in [7, 11) is 2.59. The topological polar surface area (TPSA) is 126 Å². The molecule has 14 heteroatoms. The molecule has 1 fully saturated rings. The lowest BCUT2D eigenvalue weighted by molar-refractivity contribution is -0.162. The molecule has 4 atom stereocenters. The summed E-state index contributed by atoms with van der Waals surface area (Å²) in [6.45, 7) is -0.569. The van der Waals surface area contributed by atoms with Crippen molar-refractivity contribution >= 4 is 74.7 Å². The van der Waals surface area contributed by atoms with Crippen molar-refractivity contribution in [2.24, 2.45) is 0 Å². The highest BCUT2D eigenvalue weighted by Crippen LogP contribution is 2.51. The maximum atomic E-state index is 14.8. The molecule has 0 unspecified atom stereocenters. The van der Waals surface area contributed by atoms with Crippen molar-refractivity contribution < 1.29 is 42.9 Å². The largest absolute Gasteiger partial charge is 0.495 e. The Morgan fingerprint density at radius 3 is 2.43 bits per heavy atom. The molecule has 0 spiro atoms. The average Bonchev–Trinajstić information content (AvgIpc) is 3.38. The zero-order chi connectivity index (χ0) is 35.3. The zero-order valence-corrected chi connectivity index (χ0v) is 30.4. The van der Waals surface area contributed by atoms with E-state index in [0.29, 0.717) is 16.5 Å². The number of carbonyl (C=O) groups excluding carboxylic acids is 4. The lowest BCUT2D eigenvalue weighted by atomic mass is 9.74. The SMILES string of the molecule is COC(=O)[C@H](Cc1ccc2c(c1)[C@](C(=O)O[C@H]1CCCC[C@@H]1c1ccccc1)(c1cccc(Br)c1OC)C(=O)O2)NC(=O)OCC(Cl)(Cl)Cl. The van der Waals surface area contributed by atoms with Gasteiger partial charge in [0.15, 0.2) is 0 Å². The molecule has 260 valence electrons. The Labute approximate surface area is 306 Å². The molecule has 1 saturated carbocycles. The van der Waals surface area contributed by atoms with Crippen LogP contribution in [0.1, 0.15) is 53.9 Å². The number of halogens is 4. The third kappa shape index (κ3) is 7.95. The van der Waals surface area contributed by atoms with Crippen LogP contribution in [0, 0.1) is 0 Å². The first-order valence-corrected chi connectivity index (χ1v) is 17.3. The van der Waals surface area contributed by atoms with Crippen molar-refractivity contribution in [3.05, 3.63) is 93.5 Å². The standard InChI is InChI=1S/C35H33BrCl3NO9/c1-45-29-23(12-8-13-25(29)36)35(31(42)48-27-14-7-6-11-22(27)21-9-4-3-5-10-21)24-17-20(15-16-28(24)49-32(35)43)18-26(30(41)46-2)40-33(44)47-19-34(37,38)39/h3-5,8-10,12-13,15-17,22,26-27H,6-7,11,14,18-19H2,1-2H3,(H,40,44)/t22-,26+,27+,35+/m1/s1. The molecule has 0 radical (unpaired) electrons. The summed E-state index contributed by atoms with van der Waals surface area (Å²) in [6, 6.07) is 18.3. The number of alkyl halides is 3. The minimum atomic E-state index is -2.10.